The lowest BCUT2D eigenvalue weighted by atomic mass is 9.81. The van der Waals surface area contributed by atoms with Crippen LogP contribution < -0.4 is 0 Å². The Morgan fingerprint density at radius 2 is 1.76 bits per heavy atom. The van der Waals surface area contributed by atoms with Gasteiger partial charge in [0.05, 0.1) is 31.2 Å². The Labute approximate surface area is 242 Å². The number of carbonyl (C=O) groups is 2. The van der Waals surface area contributed by atoms with E-state index in [4.69, 9.17) is 13.7 Å². The van der Waals surface area contributed by atoms with Crippen LogP contribution in [0.15, 0.2) is 42.5 Å². The molecule has 10 heteroatoms. The molecular formula is C31H40N2O7S. The van der Waals surface area contributed by atoms with Gasteiger partial charge in [-0.2, -0.15) is 8.42 Å². The number of hydrogen-bond donors (Lipinski definition) is 1. The zero-order chi connectivity index (χ0) is 29.8. The van der Waals surface area contributed by atoms with Crippen LogP contribution in [-0.2, 0) is 30.3 Å². The Kier molecular flexibility index (Phi) is 9.44. The number of amides is 1. The van der Waals surface area contributed by atoms with Crippen LogP contribution in [0.5, 0.6) is 0 Å². The van der Waals surface area contributed by atoms with E-state index in [0.29, 0.717) is 11.5 Å². The minimum absolute atomic E-state index is 0.0288. The number of hydrogen-bond acceptors (Lipinski definition) is 7. The molecule has 1 heterocycles. The van der Waals surface area contributed by atoms with Crippen LogP contribution in [0.1, 0.15) is 80.3 Å². The third-order valence-corrected chi connectivity index (χ3v) is 7.83. The summed E-state index contributed by atoms with van der Waals surface area (Å²) >= 11 is 0. The summed E-state index contributed by atoms with van der Waals surface area (Å²) in [4.78, 5) is 30.5. The predicted octanol–water partition coefficient (Wildman–Crippen LogP) is 6.38. The Morgan fingerprint density at radius 1 is 1.05 bits per heavy atom. The second-order valence-electron chi connectivity index (χ2n) is 11.6. The lowest BCUT2D eigenvalue weighted by Gasteiger charge is -2.28. The number of benzene rings is 2. The van der Waals surface area contributed by atoms with E-state index in [-0.39, 0.29) is 19.7 Å². The molecule has 3 aromatic rings. The Balaban J connectivity index is 1.77. The van der Waals surface area contributed by atoms with E-state index in [2.05, 4.69) is 4.98 Å². The molecule has 1 fully saturated rings. The van der Waals surface area contributed by atoms with Gasteiger partial charge in [-0.05, 0) is 62.8 Å². The quantitative estimate of drug-likeness (QED) is 0.229. The van der Waals surface area contributed by atoms with Gasteiger partial charge in [0.1, 0.15) is 5.60 Å². The number of H-pyrrole nitrogens is 1. The first-order valence-electron chi connectivity index (χ1n) is 14.0. The van der Waals surface area contributed by atoms with Crippen molar-refractivity contribution in [2.75, 3.05) is 26.5 Å². The predicted molar refractivity (Wildman–Crippen MR) is 158 cm³/mol. The highest BCUT2D eigenvalue weighted by Crippen LogP contribution is 2.43. The van der Waals surface area contributed by atoms with E-state index in [0.717, 1.165) is 59.7 Å². The van der Waals surface area contributed by atoms with Gasteiger partial charge in [-0.3, -0.25) is 4.18 Å². The fourth-order valence-corrected chi connectivity index (χ4v) is 5.84. The minimum atomic E-state index is -3.67. The van der Waals surface area contributed by atoms with Crippen LogP contribution >= 0.6 is 0 Å². The second kappa shape index (κ2) is 12.7. The summed E-state index contributed by atoms with van der Waals surface area (Å²) in [6, 6.07) is 13.5. The number of esters is 1. The van der Waals surface area contributed by atoms with E-state index in [1.165, 1.54) is 24.0 Å². The maximum absolute atomic E-state index is 13.2. The summed E-state index contributed by atoms with van der Waals surface area (Å²) in [6.07, 6.45) is 6.11. The molecule has 1 aromatic heterocycles. The van der Waals surface area contributed by atoms with Crippen molar-refractivity contribution in [2.45, 2.75) is 70.9 Å². The summed E-state index contributed by atoms with van der Waals surface area (Å²) < 4.78 is 38.7. The zero-order valence-electron chi connectivity index (χ0n) is 24.5. The molecule has 1 aliphatic carbocycles. The number of aromatic amines is 1. The van der Waals surface area contributed by atoms with Crippen molar-refractivity contribution in [2.24, 2.45) is 0 Å². The van der Waals surface area contributed by atoms with Crippen molar-refractivity contribution < 1.29 is 31.7 Å². The lowest BCUT2D eigenvalue weighted by molar-refractivity contribution is 0.0210. The molecule has 2 aromatic carbocycles. The molecular weight excluding hydrogens is 544 g/mol. The number of methoxy groups -OCH3 is 1. The molecule has 1 N–H and O–H groups in total. The van der Waals surface area contributed by atoms with Crippen LogP contribution in [0, 0.1) is 0 Å². The smallest absolute Gasteiger partial charge is 0.410 e. The number of nitrogens with zero attached hydrogens (tertiary/aromatic N) is 1. The summed E-state index contributed by atoms with van der Waals surface area (Å²) in [6.45, 7) is 5.39. The number of carbonyl (C=O) groups excluding carboxylic acids is 2. The van der Waals surface area contributed by atoms with Crippen molar-refractivity contribution >= 4 is 33.1 Å². The molecule has 0 radical (unpaired) electrons. The molecule has 0 bridgehead atoms. The van der Waals surface area contributed by atoms with Crippen LogP contribution in [0.25, 0.3) is 22.2 Å². The summed E-state index contributed by atoms with van der Waals surface area (Å²) in [7, 11) is -2.30. The van der Waals surface area contributed by atoms with Crippen molar-refractivity contribution in [3.05, 3.63) is 59.2 Å². The average molecular weight is 585 g/mol. The molecule has 0 saturated heterocycles. The lowest BCUT2D eigenvalue weighted by Crippen LogP contribution is -2.38. The molecule has 0 unspecified atom stereocenters. The average Bonchev–Trinajstić information content (AvgIpc) is 3.29. The first-order chi connectivity index (χ1) is 19.4. The molecule has 9 nitrogen and oxygen atoms in total. The minimum Gasteiger partial charge on any atom is -0.465 e. The van der Waals surface area contributed by atoms with Gasteiger partial charge in [-0.25, -0.2) is 9.59 Å². The first kappa shape index (κ1) is 30.6. The van der Waals surface area contributed by atoms with Crippen LogP contribution in [0.3, 0.4) is 0 Å². The van der Waals surface area contributed by atoms with Crippen LogP contribution in [0.4, 0.5) is 4.79 Å². The molecule has 1 saturated carbocycles. The highest BCUT2D eigenvalue weighted by Gasteiger charge is 2.27. The Hall–Kier alpha value is -3.37. The highest BCUT2D eigenvalue weighted by atomic mass is 32.2. The molecule has 1 amide bonds. The van der Waals surface area contributed by atoms with Crippen molar-refractivity contribution in [1.29, 1.82) is 0 Å². The number of fused-ring (bicyclic) bond motifs is 1. The number of nitrogens with one attached hydrogen (secondary N) is 1. The number of ether oxygens (including phenoxy) is 2. The third-order valence-electron chi connectivity index (χ3n) is 7.23. The Morgan fingerprint density at radius 3 is 2.41 bits per heavy atom. The second-order valence-corrected chi connectivity index (χ2v) is 13.2. The van der Waals surface area contributed by atoms with E-state index in [1.54, 1.807) is 26.8 Å². The van der Waals surface area contributed by atoms with Crippen molar-refractivity contribution in [3.8, 4) is 11.3 Å². The van der Waals surface area contributed by atoms with E-state index >= 15 is 0 Å². The third kappa shape index (κ3) is 7.89. The SMILES string of the molecule is COC(=O)c1ccc2c(C3CCCCC3)c(-c3ccccc3CN(CCOS(C)(=O)=O)C(=O)OC(C)(C)C)[nH]c2c1. The maximum Gasteiger partial charge on any atom is 0.410 e. The fraction of sp³-hybridized carbons (Fsp3) is 0.484. The van der Waals surface area contributed by atoms with Crippen molar-refractivity contribution in [1.82, 2.24) is 9.88 Å². The standard InChI is InChI=1S/C31H40N2O7S/c1-31(2,3)40-30(35)33(17-18-39-41(5,36)37)20-23-13-9-10-14-24(23)28-27(21-11-7-6-8-12-21)25-16-15-22(29(34)38-4)19-26(25)32-28/h9-10,13-16,19,21,32H,6-8,11-12,17-18,20H2,1-5H3. The van der Waals surface area contributed by atoms with Gasteiger partial charge in [-0.1, -0.05) is 49.6 Å². The maximum atomic E-state index is 13.2. The molecule has 1 aliphatic rings. The van der Waals surface area contributed by atoms with Gasteiger partial charge in [0, 0.05) is 29.6 Å². The van der Waals surface area contributed by atoms with Crippen molar-refractivity contribution in [3.63, 3.8) is 0 Å². The summed E-state index contributed by atoms with van der Waals surface area (Å²) in [5, 5.41) is 1.07. The summed E-state index contributed by atoms with van der Waals surface area (Å²) in [5.74, 6) is -0.0402. The Bertz CT molecular complexity index is 1500. The van der Waals surface area contributed by atoms with Gasteiger partial charge >= 0.3 is 12.1 Å². The molecule has 222 valence electrons. The normalized spacial score (nSPS) is 14.7. The van der Waals surface area contributed by atoms with Gasteiger partial charge in [0.15, 0.2) is 0 Å². The van der Waals surface area contributed by atoms with E-state index < -0.39 is 27.8 Å². The molecule has 41 heavy (non-hydrogen) atoms. The van der Waals surface area contributed by atoms with Crippen LogP contribution in [-0.4, -0.2) is 62.5 Å². The summed E-state index contributed by atoms with van der Waals surface area (Å²) in [5.41, 5.74) is 4.57. The topological polar surface area (TPSA) is 115 Å². The van der Waals surface area contributed by atoms with Gasteiger partial charge < -0.3 is 19.4 Å². The van der Waals surface area contributed by atoms with E-state index in [1.807, 2.05) is 36.4 Å². The number of rotatable bonds is 9. The van der Waals surface area contributed by atoms with Crippen LogP contribution in [0.2, 0.25) is 0 Å². The molecule has 0 atom stereocenters. The van der Waals surface area contributed by atoms with E-state index in [9.17, 15) is 18.0 Å². The largest absolute Gasteiger partial charge is 0.465 e. The monoisotopic (exact) mass is 584 g/mol. The highest BCUT2D eigenvalue weighted by molar-refractivity contribution is 7.85. The zero-order valence-corrected chi connectivity index (χ0v) is 25.3. The van der Waals surface area contributed by atoms with Gasteiger partial charge in [-0.15, -0.1) is 0 Å². The molecule has 0 aliphatic heterocycles. The fourth-order valence-electron chi connectivity index (χ4n) is 5.46. The number of aromatic nitrogens is 1. The van der Waals surface area contributed by atoms with Gasteiger partial charge in [0.25, 0.3) is 10.1 Å². The van der Waals surface area contributed by atoms with Gasteiger partial charge in [0.2, 0.25) is 0 Å². The molecule has 0 spiro atoms. The molecule has 4 rings (SSSR count). The first-order valence-corrected chi connectivity index (χ1v) is 15.8.